The fourth-order valence-electron chi connectivity index (χ4n) is 3.33. The highest BCUT2D eigenvalue weighted by atomic mass is 79.9. The van der Waals surface area contributed by atoms with Crippen LogP contribution >= 0.6 is 15.9 Å². The molecule has 26 heavy (non-hydrogen) atoms. The molecule has 2 aromatic carbocycles. The molecule has 0 fully saturated rings. The third kappa shape index (κ3) is 3.90. The van der Waals surface area contributed by atoms with E-state index in [0.29, 0.717) is 25.1 Å². The summed E-state index contributed by atoms with van der Waals surface area (Å²) < 4.78 is 6.25. The molecule has 0 spiro atoms. The fraction of sp³-hybridized carbons (Fsp3) is 0.300. The van der Waals surface area contributed by atoms with Crippen molar-refractivity contribution in [2.45, 2.75) is 26.2 Å². The molecule has 136 valence electrons. The lowest BCUT2D eigenvalue weighted by Gasteiger charge is -2.21. The van der Waals surface area contributed by atoms with Crippen LogP contribution in [0.4, 0.5) is 11.4 Å². The molecule has 1 aliphatic heterocycles. The molecular formula is C20H21BrN2O3. The quantitative estimate of drug-likeness (QED) is 0.802. The average Bonchev–Trinajstić information content (AvgIpc) is 3.03. The molecule has 5 nitrogen and oxygen atoms in total. The molecule has 3 rings (SSSR count). The minimum atomic E-state index is -0.154. The summed E-state index contributed by atoms with van der Waals surface area (Å²) in [6.45, 7) is 2.10. The number of methoxy groups -OCH3 is 1. The standard InChI is InChI=1S/C20H21BrN2O3/c1-13(24)22-17-12-16(21)11-15-9-10-23(20(15)17)19(25)8-7-14-5-3-4-6-18(14)26-2/h3-6,11-12H,7-10H2,1-2H3,(H,22,24). The Kier molecular flexibility index (Phi) is 5.61. The zero-order chi connectivity index (χ0) is 18.7. The van der Waals surface area contributed by atoms with Gasteiger partial charge < -0.3 is 15.0 Å². The lowest BCUT2D eigenvalue weighted by Crippen LogP contribution is -2.30. The lowest BCUT2D eigenvalue weighted by atomic mass is 10.1. The summed E-state index contributed by atoms with van der Waals surface area (Å²) in [5, 5.41) is 2.84. The van der Waals surface area contributed by atoms with Gasteiger partial charge in [-0.2, -0.15) is 0 Å². The van der Waals surface area contributed by atoms with Gasteiger partial charge in [-0.05, 0) is 42.2 Å². The van der Waals surface area contributed by atoms with Crippen LogP contribution in [0.5, 0.6) is 5.75 Å². The largest absolute Gasteiger partial charge is 0.496 e. The minimum absolute atomic E-state index is 0.0450. The number of benzene rings is 2. The van der Waals surface area contributed by atoms with Gasteiger partial charge in [0.15, 0.2) is 0 Å². The number of nitrogens with zero attached hydrogens (tertiary/aromatic N) is 1. The van der Waals surface area contributed by atoms with Crippen molar-refractivity contribution in [3.63, 3.8) is 0 Å². The van der Waals surface area contributed by atoms with Crippen molar-refractivity contribution < 1.29 is 14.3 Å². The highest BCUT2D eigenvalue weighted by Crippen LogP contribution is 2.38. The number of hydrogen-bond donors (Lipinski definition) is 1. The maximum Gasteiger partial charge on any atom is 0.227 e. The van der Waals surface area contributed by atoms with E-state index in [1.165, 1.54) is 6.92 Å². The molecule has 2 amide bonds. The number of hydrogen-bond acceptors (Lipinski definition) is 3. The lowest BCUT2D eigenvalue weighted by molar-refractivity contribution is -0.118. The topological polar surface area (TPSA) is 58.6 Å². The van der Waals surface area contributed by atoms with Gasteiger partial charge in [-0.3, -0.25) is 9.59 Å². The first-order valence-electron chi connectivity index (χ1n) is 8.52. The Bertz CT molecular complexity index is 851. The van der Waals surface area contributed by atoms with E-state index in [1.54, 1.807) is 12.0 Å². The molecule has 1 aliphatic rings. The van der Waals surface area contributed by atoms with Crippen LogP contribution in [0.25, 0.3) is 0 Å². The third-order valence-corrected chi connectivity index (χ3v) is 4.90. The van der Waals surface area contributed by atoms with Crippen LogP contribution in [0.15, 0.2) is 40.9 Å². The Labute approximate surface area is 161 Å². The second kappa shape index (κ2) is 7.91. The summed E-state index contributed by atoms with van der Waals surface area (Å²) in [6, 6.07) is 11.6. The molecule has 0 atom stereocenters. The third-order valence-electron chi connectivity index (χ3n) is 4.44. The number of carbonyl (C=O) groups excluding carboxylic acids is 2. The predicted octanol–water partition coefficient (Wildman–Crippen LogP) is 3.94. The number of rotatable bonds is 5. The van der Waals surface area contributed by atoms with Gasteiger partial charge >= 0.3 is 0 Å². The summed E-state index contributed by atoms with van der Waals surface area (Å²) in [7, 11) is 1.63. The van der Waals surface area contributed by atoms with E-state index in [2.05, 4.69) is 21.2 Å². The zero-order valence-corrected chi connectivity index (χ0v) is 16.4. The van der Waals surface area contributed by atoms with Crippen molar-refractivity contribution in [3.05, 3.63) is 52.0 Å². The second-order valence-corrected chi connectivity index (χ2v) is 7.17. The van der Waals surface area contributed by atoms with Crippen LogP contribution < -0.4 is 15.0 Å². The van der Waals surface area contributed by atoms with Crippen LogP contribution in [0.2, 0.25) is 0 Å². The number of para-hydroxylation sites is 1. The van der Waals surface area contributed by atoms with Crippen molar-refractivity contribution in [1.82, 2.24) is 0 Å². The smallest absolute Gasteiger partial charge is 0.227 e. The van der Waals surface area contributed by atoms with E-state index in [0.717, 1.165) is 33.5 Å². The zero-order valence-electron chi connectivity index (χ0n) is 14.8. The van der Waals surface area contributed by atoms with Crippen molar-refractivity contribution in [2.75, 3.05) is 23.9 Å². The summed E-state index contributed by atoms with van der Waals surface area (Å²) in [4.78, 5) is 26.2. The summed E-state index contributed by atoms with van der Waals surface area (Å²) in [6.07, 6.45) is 1.78. The van der Waals surface area contributed by atoms with Gasteiger partial charge in [0, 0.05) is 24.4 Å². The number of aryl methyl sites for hydroxylation is 1. The van der Waals surface area contributed by atoms with Gasteiger partial charge in [-0.25, -0.2) is 0 Å². The fourth-order valence-corrected chi connectivity index (χ4v) is 3.83. The molecular weight excluding hydrogens is 396 g/mol. The van der Waals surface area contributed by atoms with E-state index in [1.807, 2.05) is 36.4 Å². The van der Waals surface area contributed by atoms with E-state index in [-0.39, 0.29) is 11.8 Å². The van der Waals surface area contributed by atoms with Gasteiger partial charge in [-0.1, -0.05) is 34.1 Å². The van der Waals surface area contributed by atoms with E-state index < -0.39 is 0 Å². The summed E-state index contributed by atoms with van der Waals surface area (Å²) in [5.41, 5.74) is 3.56. The maximum atomic E-state index is 12.9. The van der Waals surface area contributed by atoms with E-state index in [9.17, 15) is 9.59 Å². The monoisotopic (exact) mass is 416 g/mol. The number of anilines is 2. The molecule has 0 unspecified atom stereocenters. The first kappa shape index (κ1) is 18.5. The summed E-state index contributed by atoms with van der Waals surface area (Å²) in [5.74, 6) is 0.687. The highest BCUT2D eigenvalue weighted by molar-refractivity contribution is 9.10. The number of fused-ring (bicyclic) bond motifs is 1. The molecule has 1 heterocycles. The number of ether oxygens (including phenoxy) is 1. The maximum absolute atomic E-state index is 12.9. The van der Waals surface area contributed by atoms with Crippen LogP contribution in [0.3, 0.4) is 0 Å². The summed E-state index contributed by atoms with van der Waals surface area (Å²) >= 11 is 3.47. The SMILES string of the molecule is COc1ccccc1CCC(=O)N1CCc2cc(Br)cc(NC(C)=O)c21. The molecule has 0 aromatic heterocycles. The Hall–Kier alpha value is -2.34. The van der Waals surface area contributed by atoms with E-state index >= 15 is 0 Å². The molecule has 2 aromatic rings. The number of halogens is 1. The van der Waals surface area contributed by atoms with Crippen molar-refractivity contribution in [3.8, 4) is 5.75 Å². The Balaban J connectivity index is 1.80. The van der Waals surface area contributed by atoms with Crippen LogP contribution in [0, 0.1) is 0 Å². The van der Waals surface area contributed by atoms with Crippen molar-refractivity contribution in [2.24, 2.45) is 0 Å². The van der Waals surface area contributed by atoms with Crippen LogP contribution in [-0.4, -0.2) is 25.5 Å². The molecule has 0 bridgehead atoms. The van der Waals surface area contributed by atoms with Crippen molar-refractivity contribution >= 4 is 39.1 Å². The van der Waals surface area contributed by atoms with Crippen LogP contribution in [-0.2, 0) is 22.4 Å². The van der Waals surface area contributed by atoms with Crippen molar-refractivity contribution in [1.29, 1.82) is 0 Å². The van der Waals surface area contributed by atoms with Gasteiger partial charge in [0.05, 0.1) is 18.5 Å². The van der Waals surface area contributed by atoms with Crippen LogP contribution in [0.1, 0.15) is 24.5 Å². The molecule has 0 aliphatic carbocycles. The second-order valence-electron chi connectivity index (χ2n) is 6.25. The average molecular weight is 417 g/mol. The normalized spacial score (nSPS) is 12.7. The molecule has 0 saturated heterocycles. The molecule has 6 heteroatoms. The first-order chi connectivity index (χ1) is 12.5. The van der Waals surface area contributed by atoms with Gasteiger partial charge in [0.25, 0.3) is 0 Å². The Morgan fingerprint density at radius 3 is 2.77 bits per heavy atom. The Morgan fingerprint density at radius 1 is 1.27 bits per heavy atom. The van der Waals surface area contributed by atoms with E-state index in [4.69, 9.17) is 4.74 Å². The number of amides is 2. The number of nitrogens with one attached hydrogen (secondary N) is 1. The number of carbonyl (C=O) groups is 2. The predicted molar refractivity (Wildman–Crippen MR) is 106 cm³/mol. The Morgan fingerprint density at radius 2 is 2.04 bits per heavy atom. The molecule has 1 N–H and O–H groups in total. The molecule has 0 saturated carbocycles. The van der Waals surface area contributed by atoms with Gasteiger partial charge in [-0.15, -0.1) is 0 Å². The minimum Gasteiger partial charge on any atom is -0.496 e. The van der Waals surface area contributed by atoms with Gasteiger partial charge in [0.1, 0.15) is 5.75 Å². The van der Waals surface area contributed by atoms with Gasteiger partial charge in [0.2, 0.25) is 11.8 Å². The molecule has 0 radical (unpaired) electrons. The first-order valence-corrected chi connectivity index (χ1v) is 9.31. The highest BCUT2D eigenvalue weighted by Gasteiger charge is 2.28.